The number of hydrogen-bond donors (Lipinski definition) is 7. The van der Waals surface area contributed by atoms with Crippen molar-refractivity contribution < 1.29 is 57.0 Å². The molecule has 57 heavy (non-hydrogen) atoms. The van der Waals surface area contributed by atoms with Crippen LogP contribution in [0, 0.1) is 0 Å². The first-order valence-electron chi connectivity index (χ1n) is 23.0. The van der Waals surface area contributed by atoms with Crippen molar-refractivity contribution in [3.63, 3.8) is 0 Å². The van der Waals surface area contributed by atoms with E-state index in [1.54, 1.807) is 0 Å². The molecule has 1 amide bonds. The standard InChI is InChI=1S/C43H85NO12S/c1-3-5-7-8-9-10-11-12-13-14-15-16-17-18-19-20-21-22-23-24-25-26-27-28-30-32-37(47)42(50)44-35(36(46)31-29-6-4-2)34-54-43-40(49)41(56-57(51,52)53)39(48)38(33-45)55-43/h35-41,43,45-49H,3-34H2,1-2H3,(H,44,50)(H,51,52,53). The number of unbranched alkanes of at least 4 members (excludes halogenated alkanes) is 26. The maximum absolute atomic E-state index is 12.9. The normalized spacial score (nSPS) is 21.7. The van der Waals surface area contributed by atoms with Crippen molar-refractivity contribution >= 4 is 16.3 Å². The number of aliphatic hydroxyl groups is 5. The minimum Gasteiger partial charge on any atom is -0.394 e. The Hall–Kier alpha value is -0.940. The summed E-state index contributed by atoms with van der Waals surface area (Å²) in [5, 5.41) is 54.6. The van der Waals surface area contributed by atoms with Gasteiger partial charge in [-0.1, -0.05) is 194 Å². The van der Waals surface area contributed by atoms with Crippen molar-refractivity contribution in [3.8, 4) is 0 Å². The smallest absolute Gasteiger partial charge is 0.394 e. The summed E-state index contributed by atoms with van der Waals surface area (Å²) in [7, 11) is -5.09. The molecule has 0 saturated carbocycles. The molecule has 0 aromatic rings. The molecule has 1 aliphatic rings. The zero-order chi connectivity index (χ0) is 42.2. The summed E-state index contributed by atoms with van der Waals surface area (Å²) in [5.41, 5.74) is 0. The summed E-state index contributed by atoms with van der Waals surface area (Å²) < 4.78 is 47.1. The third kappa shape index (κ3) is 27.5. The highest BCUT2D eigenvalue weighted by Gasteiger charge is 2.48. The van der Waals surface area contributed by atoms with Crippen molar-refractivity contribution in [1.82, 2.24) is 5.32 Å². The number of amides is 1. The summed E-state index contributed by atoms with van der Waals surface area (Å²) >= 11 is 0. The van der Waals surface area contributed by atoms with Gasteiger partial charge < -0.3 is 40.3 Å². The van der Waals surface area contributed by atoms with Gasteiger partial charge in [-0.25, -0.2) is 4.18 Å². The second-order valence-electron chi connectivity index (χ2n) is 16.5. The zero-order valence-corrected chi connectivity index (χ0v) is 36.6. The van der Waals surface area contributed by atoms with Gasteiger partial charge in [0.1, 0.15) is 30.5 Å². The maximum Gasteiger partial charge on any atom is 0.397 e. The maximum atomic E-state index is 12.9. The molecule has 340 valence electrons. The van der Waals surface area contributed by atoms with Crippen LogP contribution in [0.25, 0.3) is 0 Å². The van der Waals surface area contributed by atoms with Gasteiger partial charge >= 0.3 is 10.4 Å². The van der Waals surface area contributed by atoms with Crippen LogP contribution in [0.3, 0.4) is 0 Å². The van der Waals surface area contributed by atoms with E-state index >= 15 is 0 Å². The molecule has 7 N–H and O–H groups in total. The van der Waals surface area contributed by atoms with E-state index in [9.17, 15) is 38.7 Å². The molecule has 0 aromatic heterocycles. The van der Waals surface area contributed by atoms with E-state index in [4.69, 9.17) is 14.0 Å². The molecule has 0 spiro atoms. The molecule has 8 atom stereocenters. The SMILES string of the molecule is CCCCCCCCCCCCCCCCCCCCCCCCCCCC(O)C(=O)NC(COC1OC(CO)C(O)C(OS(=O)(=O)O)C1O)C(O)CCCCC. The predicted octanol–water partition coefficient (Wildman–Crippen LogP) is 7.58. The molecular weight excluding hydrogens is 755 g/mol. The first kappa shape index (κ1) is 54.1. The number of aliphatic hydroxyl groups excluding tert-OH is 5. The Labute approximate surface area is 346 Å². The average molecular weight is 840 g/mol. The van der Waals surface area contributed by atoms with Crippen LogP contribution in [0.2, 0.25) is 0 Å². The minimum atomic E-state index is -5.09. The summed E-state index contributed by atoms with van der Waals surface area (Å²) in [5.74, 6) is -0.677. The topological polar surface area (TPSA) is 212 Å². The molecule has 1 fully saturated rings. The fourth-order valence-corrected chi connectivity index (χ4v) is 8.09. The molecule has 8 unspecified atom stereocenters. The van der Waals surface area contributed by atoms with Crippen molar-refractivity contribution in [2.75, 3.05) is 13.2 Å². The van der Waals surface area contributed by atoms with Gasteiger partial charge in [-0.05, 0) is 12.8 Å². The highest BCUT2D eigenvalue weighted by molar-refractivity contribution is 7.80. The summed E-state index contributed by atoms with van der Waals surface area (Å²) in [6.45, 7) is 3.08. The van der Waals surface area contributed by atoms with Crippen LogP contribution in [0.5, 0.6) is 0 Å². The van der Waals surface area contributed by atoms with Gasteiger partial charge in [-0.3, -0.25) is 9.35 Å². The van der Waals surface area contributed by atoms with Crippen molar-refractivity contribution in [2.24, 2.45) is 0 Å². The van der Waals surface area contributed by atoms with E-state index in [0.29, 0.717) is 19.3 Å². The summed E-state index contributed by atoms with van der Waals surface area (Å²) in [6, 6.07) is -1.02. The Morgan fingerprint density at radius 2 is 1.02 bits per heavy atom. The van der Waals surface area contributed by atoms with Crippen molar-refractivity contribution in [2.45, 2.75) is 255 Å². The van der Waals surface area contributed by atoms with E-state index in [2.05, 4.69) is 16.4 Å². The van der Waals surface area contributed by atoms with Gasteiger partial charge in [0.25, 0.3) is 0 Å². The van der Waals surface area contributed by atoms with Gasteiger partial charge in [0, 0.05) is 0 Å². The second-order valence-corrected chi connectivity index (χ2v) is 17.5. The van der Waals surface area contributed by atoms with Gasteiger partial charge in [0.2, 0.25) is 5.91 Å². The summed E-state index contributed by atoms with van der Waals surface area (Å²) in [6.07, 6.45) is 24.4. The van der Waals surface area contributed by atoms with Crippen LogP contribution in [-0.2, 0) is 28.9 Å². The van der Waals surface area contributed by atoms with Crippen LogP contribution in [0.1, 0.15) is 206 Å². The quantitative estimate of drug-likeness (QED) is 0.0236. The van der Waals surface area contributed by atoms with Crippen molar-refractivity contribution in [1.29, 1.82) is 0 Å². The molecule has 0 aliphatic carbocycles. The number of hydrogen-bond acceptors (Lipinski definition) is 11. The fraction of sp³-hybridized carbons (Fsp3) is 0.977. The number of carbonyl (C=O) groups is 1. The monoisotopic (exact) mass is 840 g/mol. The lowest BCUT2D eigenvalue weighted by Crippen LogP contribution is -2.61. The molecule has 0 radical (unpaired) electrons. The molecule has 1 aliphatic heterocycles. The Kier molecular flexibility index (Phi) is 33.0. The predicted molar refractivity (Wildman–Crippen MR) is 224 cm³/mol. The van der Waals surface area contributed by atoms with E-state index < -0.39 is 78.5 Å². The number of rotatable bonds is 39. The van der Waals surface area contributed by atoms with Crippen LogP contribution in [-0.4, -0.2) is 107 Å². The average Bonchev–Trinajstić information content (AvgIpc) is 3.18. The number of carbonyl (C=O) groups excluding carboxylic acids is 1. The van der Waals surface area contributed by atoms with Gasteiger partial charge in [-0.15, -0.1) is 0 Å². The highest BCUT2D eigenvalue weighted by Crippen LogP contribution is 2.26. The van der Waals surface area contributed by atoms with E-state index in [1.807, 2.05) is 6.92 Å². The largest absolute Gasteiger partial charge is 0.397 e. The van der Waals surface area contributed by atoms with Crippen LogP contribution >= 0.6 is 0 Å². The molecule has 13 nitrogen and oxygen atoms in total. The van der Waals surface area contributed by atoms with E-state index in [1.165, 1.54) is 135 Å². The molecule has 1 rings (SSSR count). The zero-order valence-electron chi connectivity index (χ0n) is 35.8. The molecule has 0 aromatic carbocycles. The summed E-state index contributed by atoms with van der Waals surface area (Å²) in [4.78, 5) is 12.9. The van der Waals surface area contributed by atoms with Gasteiger partial charge in [0.15, 0.2) is 6.29 Å². The molecular formula is C43H85NO12S. The third-order valence-corrected chi connectivity index (χ3v) is 11.7. The Morgan fingerprint density at radius 3 is 1.42 bits per heavy atom. The first-order chi connectivity index (χ1) is 27.4. The van der Waals surface area contributed by atoms with Crippen LogP contribution in [0.4, 0.5) is 0 Å². The Morgan fingerprint density at radius 1 is 0.632 bits per heavy atom. The Bertz CT molecular complexity index is 1050. The lowest BCUT2D eigenvalue weighted by molar-refractivity contribution is -0.298. The number of ether oxygens (including phenoxy) is 2. The molecule has 1 heterocycles. The van der Waals surface area contributed by atoms with Gasteiger partial charge in [-0.2, -0.15) is 8.42 Å². The van der Waals surface area contributed by atoms with Crippen molar-refractivity contribution in [3.05, 3.63) is 0 Å². The Balaban J connectivity index is 2.20. The highest BCUT2D eigenvalue weighted by atomic mass is 32.3. The molecule has 14 heteroatoms. The van der Waals surface area contributed by atoms with Crippen LogP contribution in [0.15, 0.2) is 0 Å². The molecule has 0 bridgehead atoms. The lowest BCUT2D eigenvalue weighted by atomic mass is 9.99. The third-order valence-electron chi connectivity index (χ3n) is 11.3. The lowest BCUT2D eigenvalue weighted by Gasteiger charge is -2.41. The second kappa shape index (κ2) is 34.7. The number of nitrogens with one attached hydrogen (secondary N) is 1. The van der Waals surface area contributed by atoms with Gasteiger partial charge in [0.05, 0.1) is 25.4 Å². The minimum absolute atomic E-state index is 0.264. The first-order valence-corrected chi connectivity index (χ1v) is 24.4. The van der Waals surface area contributed by atoms with E-state index in [0.717, 1.165) is 32.1 Å². The fourth-order valence-electron chi connectivity index (χ4n) is 7.58. The van der Waals surface area contributed by atoms with E-state index in [-0.39, 0.29) is 6.42 Å². The molecule has 1 saturated heterocycles. The van der Waals surface area contributed by atoms with Crippen LogP contribution < -0.4 is 5.32 Å².